The van der Waals surface area contributed by atoms with Gasteiger partial charge in [0, 0.05) is 38.1 Å². The number of hydrogen-bond acceptors (Lipinski definition) is 4. The quantitative estimate of drug-likeness (QED) is 0.904. The topological polar surface area (TPSA) is 76.5 Å². The zero-order valence-corrected chi connectivity index (χ0v) is 14.6. The number of imidazole rings is 1. The second kappa shape index (κ2) is 6.96. The number of ether oxygens (including phenoxy) is 1. The lowest BCUT2D eigenvalue weighted by Crippen LogP contribution is -2.28. The molecule has 2 aromatic rings. The van der Waals surface area contributed by atoms with Crippen LogP contribution in [-0.2, 0) is 16.6 Å². The first-order chi connectivity index (χ1) is 11.9. The lowest BCUT2D eigenvalue weighted by Gasteiger charge is -2.17. The predicted molar refractivity (Wildman–Crippen MR) is 94.5 cm³/mol. The Morgan fingerprint density at radius 2 is 2.04 bits per heavy atom. The van der Waals surface area contributed by atoms with E-state index in [0.717, 1.165) is 11.4 Å². The molecule has 1 atom stereocenters. The number of aryl methyl sites for hydroxylation is 1. The molecule has 0 bridgehead atoms. The van der Waals surface area contributed by atoms with Gasteiger partial charge in [0.1, 0.15) is 5.75 Å². The van der Waals surface area contributed by atoms with E-state index in [4.69, 9.17) is 4.74 Å². The molecule has 2 amide bonds. The Hall–Kier alpha value is -2.83. The lowest BCUT2D eigenvalue weighted by molar-refractivity contribution is -0.122. The van der Waals surface area contributed by atoms with Gasteiger partial charge in [0.25, 0.3) is 0 Å². The highest BCUT2D eigenvalue weighted by Crippen LogP contribution is 2.27. The van der Waals surface area contributed by atoms with E-state index in [9.17, 15) is 9.59 Å². The van der Waals surface area contributed by atoms with E-state index in [0.29, 0.717) is 12.5 Å². The van der Waals surface area contributed by atoms with Crippen molar-refractivity contribution in [3.63, 3.8) is 0 Å². The SMILES string of the molecule is CC(C)Oc1ccc(N2CC(C(=O)Nc3nccn3C)CC2=O)cc1. The molecule has 7 heteroatoms. The van der Waals surface area contributed by atoms with Crippen molar-refractivity contribution >= 4 is 23.5 Å². The summed E-state index contributed by atoms with van der Waals surface area (Å²) in [6.07, 6.45) is 3.66. The first-order valence-electron chi connectivity index (χ1n) is 8.29. The molecular weight excluding hydrogens is 320 g/mol. The number of hydrogen-bond donors (Lipinski definition) is 1. The summed E-state index contributed by atoms with van der Waals surface area (Å²) >= 11 is 0. The number of carbonyl (C=O) groups is 2. The third kappa shape index (κ3) is 3.81. The molecule has 1 saturated heterocycles. The molecule has 1 N–H and O–H groups in total. The van der Waals surface area contributed by atoms with E-state index in [1.54, 1.807) is 28.9 Å². The first-order valence-corrected chi connectivity index (χ1v) is 8.29. The zero-order chi connectivity index (χ0) is 18.0. The molecule has 3 rings (SSSR count). The van der Waals surface area contributed by atoms with Gasteiger partial charge in [-0.25, -0.2) is 4.98 Å². The molecule has 1 aliphatic rings. The number of carbonyl (C=O) groups excluding carboxylic acids is 2. The Labute approximate surface area is 146 Å². The van der Waals surface area contributed by atoms with Crippen molar-refractivity contribution in [3.05, 3.63) is 36.7 Å². The van der Waals surface area contributed by atoms with Crippen molar-refractivity contribution in [2.45, 2.75) is 26.4 Å². The average Bonchev–Trinajstić information content (AvgIpc) is 3.14. The monoisotopic (exact) mass is 342 g/mol. The van der Waals surface area contributed by atoms with E-state index in [1.807, 2.05) is 38.1 Å². The lowest BCUT2D eigenvalue weighted by atomic mass is 10.1. The van der Waals surface area contributed by atoms with Crippen molar-refractivity contribution in [3.8, 4) is 5.75 Å². The largest absolute Gasteiger partial charge is 0.491 e. The van der Waals surface area contributed by atoms with E-state index in [1.165, 1.54) is 0 Å². The minimum atomic E-state index is -0.393. The highest BCUT2D eigenvalue weighted by atomic mass is 16.5. The molecule has 0 aliphatic carbocycles. The van der Waals surface area contributed by atoms with Crippen LogP contribution in [-0.4, -0.2) is 34.0 Å². The summed E-state index contributed by atoms with van der Waals surface area (Å²) in [6, 6.07) is 7.36. The van der Waals surface area contributed by atoms with Crippen LogP contribution in [0.25, 0.3) is 0 Å². The van der Waals surface area contributed by atoms with Gasteiger partial charge in [-0.3, -0.25) is 14.9 Å². The van der Waals surface area contributed by atoms with Gasteiger partial charge in [0.05, 0.1) is 12.0 Å². The highest BCUT2D eigenvalue weighted by molar-refractivity contribution is 6.03. The second-order valence-corrected chi connectivity index (χ2v) is 6.42. The van der Waals surface area contributed by atoms with Gasteiger partial charge in [0.2, 0.25) is 17.8 Å². The fourth-order valence-corrected chi connectivity index (χ4v) is 2.81. The Balaban J connectivity index is 1.65. The third-order valence-corrected chi connectivity index (χ3v) is 4.07. The van der Waals surface area contributed by atoms with E-state index in [-0.39, 0.29) is 24.3 Å². The van der Waals surface area contributed by atoms with Gasteiger partial charge in [0.15, 0.2) is 0 Å². The molecule has 25 heavy (non-hydrogen) atoms. The number of amides is 2. The van der Waals surface area contributed by atoms with Gasteiger partial charge in [-0.05, 0) is 38.1 Å². The number of nitrogens with one attached hydrogen (secondary N) is 1. The number of aromatic nitrogens is 2. The maximum absolute atomic E-state index is 12.4. The standard InChI is InChI=1S/C18H22N4O3/c1-12(2)25-15-6-4-14(5-7-15)22-11-13(10-16(22)23)17(24)20-18-19-8-9-21(18)3/h4-9,12-13H,10-11H2,1-3H3,(H,19,20,24). The van der Waals surface area contributed by atoms with Gasteiger partial charge < -0.3 is 14.2 Å². The third-order valence-electron chi connectivity index (χ3n) is 4.07. The molecule has 1 aromatic carbocycles. The van der Waals surface area contributed by atoms with E-state index in [2.05, 4.69) is 10.3 Å². The molecule has 1 aromatic heterocycles. The summed E-state index contributed by atoms with van der Waals surface area (Å²) in [4.78, 5) is 30.4. The van der Waals surface area contributed by atoms with E-state index >= 15 is 0 Å². The van der Waals surface area contributed by atoms with Crippen LogP contribution in [0.4, 0.5) is 11.6 Å². The molecule has 2 heterocycles. The normalized spacial score (nSPS) is 17.2. The van der Waals surface area contributed by atoms with Crippen LogP contribution in [0.2, 0.25) is 0 Å². The number of anilines is 2. The molecule has 1 unspecified atom stereocenters. The Kier molecular flexibility index (Phi) is 4.74. The zero-order valence-electron chi connectivity index (χ0n) is 14.6. The van der Waals surface area contributed by atoms with Gasteiger partial charge in [-0.1, -0.05) is 0 Å². The molecule has 7 nitrogen and oxygen atoms in total. The van der Waals surface area contributed by atoms with Gasteiger partial charge >= 0.3 is 0 Å². The fourth-order valence-electron chi connectivity index (χ4n) is 2.81. The summed E-state index contributed by atoms with van der Waals surface area (Å²) < 4.78 is 7.33. The maximum Gasteiger partial charge on any atom is 0.232 e. The van der Waals surface area contributed by atoms with Crippen LogP contribution in [0.3, 0.4) is 0 Å². The van der Waals surface area contributed by atoms with E-state index < -0.39 is 5.92 Å². The van der Waals surface area contributed by atoms with Crippen LogP contribution >= 0.6 is 0 Å². The van der Waals surface area contributed by atoms with Crippen LogP contribution in [0.5, 0.6) is 5.75 Å². The van der Waals surface area contributed by atoms with Crippen molar-refractivity contribution in [2.24, 2.45) is 13.0 Å². The molecule has 1 aliphatic heterocycles. The van der Waals surface area contributed by atoms with Crippen molar-refractivity contribution in [1.82, 2.24) is 9.55 Å². The summed E-state index contributed by atoms with van der Waals surface area (Å²) in [6.45, 7) is 4.28. The van der Waals surface area contributed by atoms with Crippen LogP contribution in [0.15, 0.2) is 36.7 Å². The number of benzene rings is 1. The Morgan fingerprint density at radius 3 is 2.64 bits per heavy atom. The molecule has 0 saturated carbocycles. The summed E-state index contributed by atoms with van der Waals surface area (Å²) in [5.74, 6) is 0.596. The molecular formula is C18H22N4O3. The van der Waals surface area contributed by atoms with Crippen LogP contribution in [0, 0.1) is 5.92 Å². The smallest absolute Gasteiger partial charge is 0.232 e. The molecule has 0 radical (unpaired) electrons. The van der Waals surface area contributed by atoms with Crippen LogP contribution < -0.4 is 15.0 Å². The maximum atomic E-state index is 12.4. The predicted octanol–water partition coefficient (Wildman–Crippen LogP) is 2.20. The minimum absolute atomic E-state index is 0.0579. The molecule has 132 valence electrons. The van der Waals surface area contributed by atoms with Gasteiger partial charge in [-0.2, -0.15) is 0 Å². The van der Waals surface area contributed by atoms with Crippen molar-refractivity contribution < 1.29 is 14.3 Å². The van der Waals surface area contributed by atoms with Crippen LogP contribution in [0.1, 0.15) is 20.3 Å². The van der Waals surface area contributed by atoms with Crippen molar-refractivity contribution in [1.29, 1.82) is 0 Å². The first kappa shape index (κ1) is 17.0. The number of rotatable bonds is 5. The Morgan fingerprint density at radius 1 is 1.32 bits per heavy atom. The summed E-state index contributed by atoms with van der Waals surface area (Å²) in [5, 5.41) is 2.77. The number of nitrogens with zero attached hydrogens (tertiary/aromatic N) is 3. The van der Waals surface area contributed by atoms with Crippen molar-refractivity contribution in [2.75, 3.05) is 16.8 Å². The fraction of sp³-hybridized carbons (Fsp3) is 0.389. The van der Waals surface area contributed by atoms with Gasteiger partial charge in [-0.15, -0.1) is 0 Å². The molecule has 1 fully saturated rings. The summed E-state index contributed by atoms with van der Waals surface area (Å²) in [5.41, 5.74) is 0.772. The highest BCUT2D eigenvalue weighted by Gasteiger charge is 2.35. The second-order valence-electron chi connectivity index (χ2n) is 6.42. The molecule has 0 spiro atoms. The minimum Gasteiger partial charge on any atom is -0.491 e. The Bertz CT molecular complexity index is 767. The summed E-state index contributed by atoms with van der Waals surface area (Å²) in [7, 11) is 1.80. The average molecular weight is 342 g/mol.